The van der Waals surface area contributed by atoms with Gasteiger partial charge in [0.1, 0.15) is 11.4 Å². The van der Waals surface area contributed by atoms with Gasteiger partial charge in [0.15, 0.2) is 6.20 Å². The maximum absolute atomic E-state index is 12.7. The van der Waals surface area contributed by atoms with Gasteiger partial charge in [-0.1, -0.05) is 34.8 Å². The molecule has 0 spiro atoms. The van der Waals surface area contributed by atoms with E-state index in [1.165, 1.54) is 48.8 Å². The average Bonchev–Trinajstić information content (AvgIpc) is 2.54. The Morgan fingerprint density at radius 1 is 1.08 bits per heavy atom. The monoisotopic (exact) mass is 383 g/mol. The van der Waals surface area contributed by atoms with Gasteiger partial charge in [-0.2, -0.15) is 4.73 Å². The van der Waals surface area contributed by atoms with Gasteiger partial charge < -0.3 is 15.5 Å². The zero-order valence-electron chi connectivity index (χ0n) is 11.8. The molecule has 0 saturated carbocycles. The summed E-state index contributed by atoms with van der Waals surface area (Å²) in [6, 6.07) is 2.73. The predicted octanol–water partition coefficient (Wildman–Crippen LogP) is 3.89. The van der Waals surface area contributed by atoms with Crippen molar-refractivity contribution >= 4 is 40.5 Å². The van der Waals surface area contributed by atoms with Gasteiger partial charge in [-0.15, -0.1) is 0 Å². The topological polar surface area (TPSA) is 73.3 Å². The predicted molar refractivity (Wildman–Crippen MR) is 91.3 cm³/mol. The van der Waals surface area contributed by atoms with Crippen LogP contribution in [0.25, 0.3) is 5.70 Å². The zero-order chi connectivity index (χ0) is 17.4. The molecule has 0 N–H and O–H groups in total. The number of allylic oxidation sites excluding steroid dienone is 6. The minimum Gasteiger partial charge on any atom is -0.753 e. The van der Waals surface area contributed by atoms with Gasteiger partial charge in [-0.25, -0.2) is 0 Å². The van der Waals surface area contributed by atoms with E-state index >= 15 is 0 Å². The van der Waals surface area contributed by atoms with Crippen molar-refractivity contribution in [2.24, 2.45) is 0 Å². The van der Waals surface area contributed by atoms with Crippen LogP contribution < -0.4 is 4.73 Å². The molecule has 0 fully saturated rings. The summed E-state index contributed by atoms with van der Waals surface area (Å²) >= 11 is 17.9. The van der Waals surface area contributed by atoms with Gasteiger partial charge >= 0.3 is 0 Å². The number of rotatable bonds is 1. The highest BCUT2D eigenvalue weighted by molar-refractivity contribution is 6.32. The minimum absolute atomic E-state index is 0.000673. The normalized spacial score (nSPS) is 20.8. The first kappa shape index (κ1) is 16.7. The molecule has 24 heavy (non-hydrogen) atoms. The first-order valence-electron chi connectivity index (χ1n) is 6.58. The summed E-state index contributed by atoms with van der Waals surface area (Å²) < 4.78 is 0.970. The Kier molecular flexibility index (Phi) is 4.47. The summed E-state index contributed by atoms with van der Waals surface area (Å²) in [4.78, 5) is 12.0. The summed E-state index contributed by atoms with van der Waals surface area (Å²) in [5.41, 5.74) is -0.0913. The molecule has 1 aromatic heterocycles. The van der Waals surface area contributed by atoms with Crippen LogP contribution in [0.2, 0.25) is 5.02 Å². The van der Waals surface area contributed by atoms with Crippen LogP contribution in [-0.2, 0) is 0 Å². The molecule has 2 aliphatic rings. The number of hydroxylamine groups is 2. The Labute approximate surface area is 151 Å². The van der Waals surface area contributed by atoms with Crippen LogP contribution in [0.15, 0.2) is 70.3 Å². The zero-order valence-corrected chi connectivity index (χ0v) is 14.1. The highest BCUT2D eigenvalue weighted by Gasteiger charge is 2.28. The molecular weight excluding hydrogens is 377 g/mol. The smallest absolute Gasteiger partial charge is 0.286 e. The Morgan fingerprint density at radius 3 is 2.58 bits per heavy atom. The Balaban J connectivity index is 2.16. The second kappa shape index (κ2) is 6.41. The van der Waals surface area contributed by atoms with E-state index in [9.17, 15) is 15.3 Å². The lowest BCUT2D eigenvalue weighted by Gasteiger charge is -2.34. The van der Waals surface area contributed by atoms with Crippen molar-refractivity contribution in [1.82, 2.24) is 5.06 Å². The number of hydrogen-bond donors (Lipinski definition) is 0. The molecular formula is C15H8Cl3N3O3. The SMILES string of the molecule is O=[N+]1C=CC(Cl)=CC1=C1C=C(Cl)C=C(c2cc(Cl)cc[n+]2[O-])N1[O-]. The summed E-state index contributed by atoms with van der Waals surface area (Å²) in [5.74, 6) is 0. The molecule has 0 aliphatic carbocycles. The lowest BCUT2D eigenvalue weighted by atomic mass is 10.1. The maximum atomic E-state index is 12.7. The highest BCUT2D eigenvalue weighted by Crippen LogP contribution is 2.33. The molecule has 3 heterocycles. The Hall–Kier alpha value is -2.12. The standard InChI is InChI=1S/C15H8Cl3N3O3/c16-9-1-3-19(22)12(5-9)14-7-11(18)8-15(21(14)24)13-6-10(17)2-4-20(13)23/h1-8H. The van der Waals surface area contributed by atoms with Crippen molar-refractivity contribution in [1.29, 1.82) is 0 Å². The fraction of sp³-hybridized carbons (Fsp3) is 0. The molecule has 1 aromatic rings. The quantitative estimate of drug-likeness (QED) is 0.544. The molecule has 2 aliphatic heterocycles. The summed E-state index contributed by atoms with van der Waals surface area (Å²) in [6.45, 7) is 0. The number of nitrogens with zero attached hydrogens (tertiary/aromatic N) is 3. The minimum atomic E-state index is -0.0463. The molecule has 0 unspecified atom stereocenters. The van der Waals surface area contributed by atoms with Crippen LogP contribution >= 0.6 is 34.8 Å². The molecule has 0 amide bonds. The summed E-state index contributed by atoms with van der Waals surface area (Å²) in [5, 5.41) is 25.9. The van der Waals surface area contributed by atoms with Gasteiger partial charge in [-0.05, 0) is 12.2 Å². The molecule has 0 atom stereocenters. The van der Waals surface area contributed by atoms with Crippen LogP contribution in [0, 0.1) is 15.3 Å². The van der Waals surface area contributed by atoms with E-state index in [0.717, 1.165) is 0 Å². The molecule has 3 rings (SSSR count). The average molecular weight is 385 g/mol. The van der Waals surface area contributed by atoms with Crippen LogP contribution in [0.5, 0.6) is 0 Å². The number of halogens is 3. The van der Waals surface area contributed by atoms with E-state index in [1.54, 1.807) is 0 Å². The fourth-order valence-electron chi connectivity index (χ4n) is 2.20. The van der Waals surface area contributed by atoms with E-state index in [4.69, 9.17) is 34.8 Å². The number of nitroso groups, excluding NO2 is 1. The second-order valence-electron chi connectivity index (χ2n) is 4.85. The van der Waals surface area contributed by atoms with E-state index in [-0.39, 0.29) is 37.9 Å². The van der Waals surface area contributed by atoms with Gasteiger partial charge in [0.05, 0.1) is 14.8 Å². The van der Waals surface area contributed by atoms with Crippen molar-refractivity contribution in [3.05, 3.63) is 96.3 Å². The number of hydrogen-bond acceptors (Lipinski definition) is 4. The van der Waals surface area contributed by atoms with Gasteiger partial charge in [0, 0.05) is 34.2 Å². The molecule has 122 valence electrons. The lowest BCUT2D eigenvalue weighted by Crippen LogP contribution is -2.34. The van der Waals surface area contributed by atoms with Crippen LogP contribution in [0.4, 0.5) is 0 Å². The van der Waals surface area contributed by atoms with Crippen LogP contribution in [0.3, 0.4) is 0 Å². The van der Waals surface area contributed by atoms with Crippen molar-refractivity contribution in [3.63, 3.8) is 0 Å². The largest absolute Gasteiger partial charge is 0.753 e. The summed E-state index contributed by atoms with van der Waals surface area (Å²) in [6.07, 6.45) is 7.70. The van der Waals surface area contributed by atoms with Crippen LogP contribution in [0.1, 0.15) is 5.69 Å². The van der Waals surface area contributed by atoms with E-state index in [2.05, 4.69) is 0 Å². The third kappa shape index (κ3) is 3.09. The Bertz CT molecular complexity index is 900. The van der Waals surface area contributed by atoms with Gasteiger partial charge in [-0.3, -0.25) is 0 Å². The van der Waals surface area contributed by atoms with Crippen LogP contribution in [-0.4, -0.2) is 9.82 Å². The molecule has 0 saturated heterocycles. The maximum Gasteiger partial charge on any atom is 0.286 e. The van der Waals surface area contributed by atoms with E-state index < -0.39 is 0 Å². The molecule has 0 bridgehead atoms. The van der Waals surface area contributed by atoms with E-state index in [0.29, 0.717) is 14.6 Å². The number of pyridine rings is 1. The molecule has 6 nitrogen and oxygen atoms in total. The molecule has 0 aromatic carbocycles. The molecule has 0 radical (unpaired) electrons. The number of aromatic nitrogens is 1. The van der Waals surface area contributed by atoms with Crippen molar-refractivity contribution in [3.8, 4) is 0 Å². The fourth-order valence-corrected chi connectivity index (χ4v) is 2.73. The van der Waals surface area contributed by atoms with Crippen molar-refractivity contribution < 1.29 is 9.49 Å². The summed E-state index contributed by atoms with van der Waals surface area (Å²) in [7, 11) is 0. The van der Waals surface area contributed by atoms with Crippen molar-refractivity contribution in [2.45, 2.75) is 0 Å². The first-order chi connectivity index (χ1) is 11.4. The van der Waals surface area contributed by atoms with Crippen molar-refractivity contribution in [2.75, 3.05) is 0 Å². The van der Waals surface area contributed by atoms with Gasteiger partial charge in [0.25, 0.3) is 5.70 Å². The highest BCUT2D eigenvalue weighted by atomic mass is 35.5. The lowest BCUT2D eigenvalue weighted by molar-refractivity contribution is -0.608. The third-order valence-corrected chi connectivity index (χ3v) is 3.96. The molecule has 9 heteroatoms. The first-order valence-corrected chi connectivity index (χ1v) is 7.71. The second-order valence-corrected chi connectivity index (χ2v) is 6.16. The Morgan fingerprint density at radius 2 is 1.83 bits per heavy atom. The third-order valence-electron chi connectivity index (χ3n) is 3.27. The van der Waals surface area contributed by atoms with E-state index in [1.807, 2.05) is 0 Å². The van der Waals surface area contributed by atoms with Gasteiger partial charge in [0.2, 0.25) is 11.9 Å².